The minimum atomic E-state index is -0.233. The number of aromatic hydroxyl groups is 2. The van der Waals surface area contributed by atoms with Crippen LogP contribution >= 0.6 is 0 Å². The molecule has 1 amide bonds. The number of phenols is 2. The monoisotopic (exact) mass is 219 g/mol. The minimum Gasteiger partial charge on any atom is -0.504 e. The molecule has 1 aromatic carbocycles. The van der Waals surface area contributed by atoms with E-state index in [-0.39, 0.29) is 23.4 Å². The molecule has 1 aliphatic carbocycles. The molecule has 0 spiro atoms. The first-order chi connectivity index (χ1) is 7.66. The van der Waals surface area contributed by atoms with Gasteiger partial charge in [-0.3, -0.25) is 4.79 Å². The zero-order valence-corrected chi connectivity index (χ0v) is 8.73. The van der Waals surface area contributed by atoms with Gasteiger partial charge in [-0.1, -0.05) is 6.42 Å². The van der Waals surface area contributed by atoms with E-state index in [1.807, 2.05) is 0 Å². The van der Waals surface area contributed by atoms with E-state index in [4.69, 9.17) is 0 Å². The number of rotatable bonds is 1. The number of amides is 1. The van der Waals surface area contributed by atoms with Crippen LogP contribution in [0.4, 0.5) is 0 Å². The van der Waals surface area contributed by atoms with Crippen molar-refractivity contribution in [2.24, 2.45) is 5.92 Å². The van der Waals surface area contributed by atoms with Crippen molar-refractivity contribution in [3.8, 4) is 11.5 Å². The van der Waals surface area contributed by atoms with Crippen LogP contribution in [0.5, 0.6) is 11.5 Å². The van der Waals surface area contributed by atoms with E-state index >= 15 is 0 Å². The molecule has 84 valence electrons. The number of hydrogen-bond acceptors (Lipinski definition) is 3. The van der Waals surface area contributed by atoms with Crippen LogP contribution in [0, 0.1) is 5.92 Å². The van der Waals surface area contributed by atoms with Crippen LogP contribution in [-0.4, -0.2) is 16.1 Å². The number of carbonyl (C=O) groups is 1. The van der Waals surface area contributed by atoms with E-state index in [1.165, 1.54) is 18.6 Å². The first-order valence-corrected chi connectivity index (χ1v) is 5.53. The molecule has 1 saturated carbocycles. The Balaban J connectivity index is 2.06. The maximum absolute atomic E-state index is 11.7. The summed E-state index contributed by atoms with van der Waals surface area (Å²) in [6.45, 7) is 0. The van der Waals surface area contributed by atoms with Gasteiger partial charge in [-0.05, 0) is 36.5 Å². The third-order valence-electron chi connectivity index (χ3n) is 3.63. The predicted octanol–water partition coefficient (Wildman–Crippen LogP) is 1.68. The van der Waals surface area contributed by atoms with E-state index in [2.05, 4.69) is 5.32 Å². The van der Waals surface area contributed by atoms with Crippen LogP contribution in [0.1, 0.15) is 41.2 Å². The van der Waals surface area contributed by atoms with Gasteiger partial charge in [0.1, 0.15) is 0 Å². The van der Waals surface area contributed by atoms with Crippen LogP contribution in [0.3, 0.4) is 0 Å². The highest BCUT2D eigenvalue weighted by Gasteiger charge is 2.37. The predicted molar refractivity (Wildman–Crippen MR) is 57.3 cm³/mol. The van der Waals surface area contributed by atoms with Crippen LogP contribution in [-0.2, 0) is 0 Å². The third-order valence-corrected chi connectivity index (χ3v) is 3.63. The Bertz CT molecular complexity index is 466. The highest BCUT2D eigenvalue weighted by Crippen LogP contribution is 2.44. The largest absolute Gasteiger partial charge is 0.504 e. The van der Waals surface area contributed by atoms with Crippen molar-refractivity contribution in [1.82, 2.24) is 5.32 Å². The summed E-state index contributed by atoms with van der Waals surface area (Å²) < 4.78 is 0. The molecule has 0 aromatic heterocycles. The van der Waals surface area contributed by atoms with Gasteiger partial charge in [0, 0.05) is 5.56 Å². The molecule has 4 heteroatoms. The molecular weight excluding hydrogens is 206 g/mol. The molecule has 1 aliphatic heterocycles. The smallest absolute Gasteiger partial charge is 0.252 e. The molecule has 3 N–H and O–H groups in total. The summed E-state index contributed by atoms with van der Waals surface area (Å²) in [6, 6.07) is 2.87. The second-order valence-electron chi connectivity index (χ2n) is 4.57. The van der Waals surface area contributed by atoms with Crippen molar-refractivity contribution < 1.29 is 15.0 Å². The normalized spacial score (nSPS) is 23.8. The van der Waals surface area contributed by atoms with Gasteiger partial charge < -0.3 is 15.5 Å². The zero-order chi connectivity index (χ0) is 11.3. The molecule has 16 heavy (non-hydrogen) atoms. The van der Waals surface area contributed by atoms with Gasteiger partial charge in [0.2, 0.25) is 0 Å². The van der Waals surface area contributed by atoms with Crippen LogP contribution < -0.4 is 5.32 Å². The first-order valence-electron chi connectivity index (χ1n) is 5.53. The number of benzene rings is 1. The Morgan fingerprint density at radius 3 is 2.50 bits per heavy atom. The lowest BCUT2D eigenvalue weighted by molar-refractivity contribution is 0.0932. The topological polar surface area (TPSA) is 69.6 Å². The standard InChI is InChI=1S/C12H13NO3/c14-9-4-7-8(5-10(9)15)12(16)13-11(7)6-2-1-3-6/h4-6,11,14-15H,1-3H2,(H,13,16). The Kier molecular flexibility index (Phi) is 1.87. The highest BCUT2D eigenvalue weighted by molar-refractivity contribution is 6.00. The van der Waals surface area contributed by atoms with Gasteiger partial charge in [-0.2, -0.15) is 0 Å². The second kappa shape index (κ2) is 3.14. The molecule has 0 radical (unpaired) electrons. The summed E-state index contributed by atoms with van der Waals surface area (Å²) in [5.74, 6) is -0.0564. The van der Waals surface area contributed by atoms with E-state index in [1.54, 1.807) is 0 Å². The Morgan fingerprint density at radius 1 is 1.19 bits per heavy atom. The molecule has 1 atom stereocenters. The first kappa shape index (κ1) is 9.51. The maximum Gasteiger partial charge on any atom is 0.252 e. The minimum absolute atomic E-state index is 0.0164. The number of nitrogens with one attached hydrogen (secondary N) is 1. The molecule has 1 fully saturated rings. The quantitative estimate of drug-likeness (QED) is 0.629. The Labute approximate surface area is 92.9 Å². The fourth-order valence-corrected chi connectivity index (χ4v) is 2.49. The lowest BCUT2D eigenvalue weighted by Gasteiger charge is -2.31. The molecule has 3 rings (SSSR count). The van der Waals surface area contributed by atoms with Crippen LogP contribution in [0.2, 0.25) is 0 Å². The Hall–Kier alpha value is -1.71. The fourth-order valence-electron chi connectivity index (χ4n) is 2.49. The van der Waals surface area contributed by atoms with Crippen LogP contribution in [0.15, 0.2) is 12.1 Å². The molecule has 1 aromatic rings. The van der Waals surface area contributed by atoms with Crippen molar-refractivity contribution in [2.75, 3.05) is 0 Å². The SMILES string of the molecule is O=C1NC(C2CCC2)c2cc(O)c(O)cc21. The van der Waals surface area contributed by atoms with E-state index in [0.29, 0.717) is 11.5 Å². The van der Waals surface area contributed by atoms with E-state index in [9.17, 15) is 15.0 Å². The second-order valence-corrected chi connectivity index (χ2v) is 4.57. The van der Waals surface area contributed by atoms with Gasteiger partial charge in [0.05, 0.1) is 6.04 Å². The van der Waals surface area contributed by atoms with Gasteiger partial charge >= 0.3 is 0 Å². The van der Waals surface area contributed by atoms with E-state index in [0.717, 1.165) is 18.4 Å². The van der Waals surface area contributed by atoms with Crippen molar-refractivity contribution in [1.29, 1.82) is 0 Å². The summed E-state index contributed by atoms with van der Waals surface area (Å²) in [5, 5.41) is 21.8. The molecule has 2 aliphatic rings. The number of fused-ring (bicyclic) bond motifs is 1. The molecular formula is C12H13NO3. The molecule has 4 nitrogen and oxygen atoms in total. The lowest BCUT2D eigenvalue weighted by Crippen LogP contribution is -2.29. The Morgan fingerprint density at radius 2 is 1.88 bits per heavy atom. The number of phenolic OH excluding ortho intramolecular Hbond substituents is 2. The average molecular weight is 219 g/mol. The maximum atomic E-state index is 11.7. The fraction of sp³-hybridized carbons (Fsp3) is 0.417. The van der Waals surface area contributed by atoms with Gasteiger partial charge in [0.15, 0.2) is 11.5 Å². The summed E-state index contributed by atoms with van der Waals surface area (Å²) >= 11 is 0. The third kappa shape index (κ3) is 1.19. The summed E-state index contributed by atoms with van der Waals surface area (Å²) in [6.07, 6.45) is 3.44. The van der Waals surface area contributed by atoms with Gasteiger partial charge in [-0.15, -0.1) is 0 Å². The van der Waals surface area contributed by atoms with Crippen molar-refractivity contribution in [2.45, 2.75) is 25.3 Å². The van der Waals surface area contributed by atoms with Gasteiger partial charge in [-0.25, -0.2) is 0 Å². The highest BCUT2D eigenvalue weighted by atomic mass is 16.3. The summed E-state index contributed by atoms with van der Waals surface area (Å²) in [5.41, 5.74) is 1.32. The lowest BCUT2D eigenvalue weighted by atomic mass is 9.77. The number of carbonyl (C=O) groups excluding carboxylic acids is 1. The molecule has 0 saturated heterocycles. The average Bonchev–Trinajstić information content (AvgIpc) is 2.43. The molecule has 1 heterocycles. The van der Waals surface area contributed by atoms with Crippen molar-refractivity contribution in [3.05, 3.63) is 23.3 Å². The van der Waals surface area contributed by atoms with E-state index < -0.39 is 0 Å². The summed E-state index contributed by atoms with van der Waals surface area (Å²) in [7, 11) is 0. The van der Waals surface area contributed by atoms with Crippen LogP contribution in [0.25, 0.3) is 0 Å². The van der Waals surface area contributed by atoms with Crippen molar-refractivity contribution in [3.63, 3.8) is 0 Å². The summed E-state index contributed by atoms with van der Waals surface area (Å²) in [4.78, 5) is 11.7. The molecule has 1 unspecified atom stereocenters. The zero-order valence-electron chi connectivity index (χ0n) is 8.73. The molecule has 0 bridgehead atoms. The van der Waals surface area contributed by atoms with Crippen molar-refractivity contribution >= 4 is 5.91 Å². The number of hydrogen-bond donors (Lipinski definition) is 3. The van der Waals surface area contributed by atoms with Gasteiger partial charge in [0.25, 0.3) is 5.91 Å².